The zero-order valence-electron chi connectivity index (χ0n) is 12.7. The quantitative estimate of drug-likeness (QED) is 0.865. The first-order chi connectivity index (χ1) is 9.69. The number of hydrogen-bond donors (Lipinski definition) is 1. The average molecular weight is 290 g/mol. The Balaban J connectivity index is 1.88. The van der Waals surface area contributed by atoms with Crippen molar-refractivity contribution in [3.05, 3.63) is 21.9 Å². The molecule has 0 saturated carbocycles. The predicted molar refractivity (Wildman–Crippen MR) is 87.7 cm³/mol. The monoisotopic (exact) mass is 290 g/mol. The minimum absolute atomic E-state index is 0.440. The zero-order chi connectivity index (χ0) is 14.4. The molecule has 1 atom stereocenters. The number of hydrogen-bond acceptors (Lipinski definition) is 3. The SMILES string of the molecule is CC(C)C1CCCN(Cc2ccc(C#CCN)s2)CC1. The van der Waals surface area contributed by atoms with E-state index in [0.29, 0.717) is 6.54 Å². The van der Waals surface area contributed by atoms with E-state index < -0.39 is 0 Å². The van der Waals surface area contributed by atoms with Gasteiger partial charge in [-0.05, 0) is 56.3 Å². The van der Waals surface area contributed by atoms with Crippen LogP contribution in [0, 0.1) is 23.7 Å². The van der Waals surface area contributed by atoms with Gasteiger partial charge in [-0.1, -0.05) is 25.7 Å². The van der Waals surface area contributed by atoms with E-state index in [9.17, 15) is 0 Å². The molecular weight excluding hydrogens is 264 g/mol. The molecule has 1 saturated heterocycles. The third-order valence-corrected chi connectivity index (χ3v) is 5.15. The Hall–Kier alpha value is -0.820. The predicted octanol–water partition coefficient (Wildman–Crippen LogP) is 3.32. The number of nitrogens with zero attached hydrogens (tertiary/aromatic N) is 1. The van der Waals surface area contributed by atoms with Gasteiger partial charge in [-0.15, -0.1) is 11.3 Å². The Morgan fingerprint density at radius 2 is 2.20 bits per heavy atom. The van der Waals surface area contributed by atoms with Crippen molar-refractivity contribution < 1.29 is 0 Å². The normalized spacial score (nSPS) is 20.5. The van der Waals surface area contributed by atoms with Gasteiger partial charge in [0.1, 0.15) is 0 Å². The second-order valence-corrected chi connectivity index (χ2v) is 7.15. The molecule has 0 aromatic carbocycles. The molecule has 1 aliphatic rings. The van der Waals surface area contributed by atoms with E-state index in [0.717, 1.165) is 23.3 Å². The molecule has 0 aliphatic carbocycles. The van der Waals surface area contributed by atoms with Crippen LogP contribution in [-0.4, -0.2) is 24.5 Å². The highest BCUT2D eigenvalue weighted by Gasteiger charge is 2.19. The van der Waals surface area contributed by atoms with Crippen LogP contribution >= 0.6 is 11.3 Å². The van der Waals surface area contributed by atoms with E-state index in [2.05, 4.69) is 42.7 Å². The van der Waals surface area contributed by atoms with Crippen molar-refractivity contribution >= 4 is 11.3 Å². The van der Waals surface area contributed by atoms with Gasteiger partial charge < -0.3 is 5.73 Å². The van der Waals surface area contributed by atoms with Crippen molar-refractivity contribution in [1.29, 1.82) is 0 Å². The second kappa shape index (κ2) is 7.83. The molecule has 1 aromatic heterocycles. The molecule has 2 rings (SSSR count). The Bertz CT molecular complexity index is 467. The van der Waals surface area contributed by atoms with Crippen LogP contribution in [-0.2, 0) is 6.54 Å². The average Bonchev–Trinajstić information content (AvgIpc) is 2.72. The summed E-state index contributed by atoms with van der Waals surface area (Å²) in [6.45, 7) is 8.73. The lowest BCUT2D eigenvalue weighted by atomic mass is 9.89. The van der Waals surface area contributed by atoms with E-state index in [1.54, 1.807) is 0 Å². The van der Waals surface area contributed by atoms with Gasteiger partial charge in [-0.25, -0.2) is 0 Å². The molecule has 0 spiro atoms. The Kier molecular flexibility index (Phi) is 6.09. The van der Waals surface area contributed by atoms with Crippen molar-refractivity contribution in [2.75, 3.05) is 19.6 Å². The maximum atomic E-state index is 5.41. The van der Waals surface area contributed by atoms with E-state index in [4.69, 9.17) is 5.73 Å². The number of nitrogens with two attached hydrogens (primary N) is 1. The van der Waals surface area contributed by atoms with Crippen molar-refractivity contribution in [2.24, 2.45) is 17.6 Å². The topological polar surface area (TPSA) is 29.3 Å². The van der Waals surface area contributed by atoms with Crippen LogP contribution < -0.4 is 5.73 Å². The van der Waals surface area contributed by atoms with Gasteiger partial charge in [0.05, 0.1) is 11.4 Å². The highest BCUT2D eigenvalue weighted by Crippen LogP contribution is 2.26. The summed E-state index contributed by atoms with van der Waals surface area (Å²) in [6.07, 6.45) is 4.09. The van der Waals surface area contributed by atoms with Crippen molar-refractivity contribution in [3.63, 3.8) is 0 Å². The fourth-order valence-corrected chi connectivity index (χ4v) is 3.82. The van der Waals surface area contributed by atoms with Gasteiger partial charge in [0.15, 0.2) is 0 Å². The maximum Gasteiger partial charge on any atom is 0.0772 e. The molecule has 2 heterocycles. The van der Waals surface area contributed by atoms with E-state index in [1.165, 1.54) is 37.2 Å². The van der Waals surface area contributed by atoms with Crippen LogP contribution in [0.25, 0.3) is 0 Å². The fourth-order valence-electron chi connectivity index (χ4n) is 2.90. The molecule has 2 nitrogen and oxygen atoms in total. The van der Waals surface area contributed by atoms with Gasteiger partial charge in [0, 0.05) is 11.4 Å². The van der Waals surface area contributed by atoms with Crippen LogP contribution in [0.1, 0.15) is 42.9 Å². The summed E-state index contributed by atoms with van der Waals surface area (Å²) in [5.74, 6) is 7.79. The lowest BCUT2D eigenvalue weighted by Gasteiger charge is -2.20. The molecule has 3 heteroatoms. The highest BCUT2D eigenvalue weighted by molar-refractivity contribution is 7.12. The Labute approximate surface area is 127 Å². The van der Waals surface area contributed by atoms with Gasteiger partial charge in [-0.3, -0.25) is 4.90 Å². The van der Waals surface area contributed by atoms with Crippen LogP contribution in [0.4, 0.5) is 0 Å². The van der Waals surface area contributed by atoms with Crippen molar-refractivity contribution in [1.82, 2.24) is 4.90 Å². The minimum Gasteiger partial charge on any atom is -0.320 e. The summed E-state index contributed by atoms with van der Waals surface area (Å²) in [4.78, 5) is 5.17. The Morgan fingerprint density at radius 1 is 1.35 bits per heavy atom. The molecule has 0 bridgehead atoms. The van der Waals surface area contributed by atoms with Crippen LogP contribution in [0.3, 0.4) is 0 Å². The fraction of sp³-hybridized carbons (Fsp3) is 0.647. The van der Waals surface area contributed by atoms with Crippen LogP contribution in [0.5, 0.6) is 0 Å². The lowest BCUT2D eigenvalue weighted by Crippen LogP contribution is -2.24. The van der Waals surface area contributed by atoms with Crippen LogP contribution in [0.15, 0.2) is 12.1 Å². The molecule has 110 valence electrons. The van der Waals surface area contributed by atoms with Gasteiger partial charge in [-0.2, -0.15) is 0 Å². The van der Waals surface area contributed by atoms with E-state index in [1.807, 2.05) is 11.3 Å². The lowest BCUT2D eigenvalue weighted by molar-refractivity contribution is 0.267. The third kappa shape index (κ3) is 4.63. The van der Waals surface area contributed by atoms with Crippen LogP contribution in [0.2, 0.25) is 0 Å². The number of thiophene rings is 1. The van der Waals surface area contributed by atoms with Crippen molar-refractivity contribution in [2.45, 2.75) is 39.7 Å². The summed E-state index contributed by atoms with van der Waals surface area (Å²) in [6, 6.07) is 4.34. The van der Waals surface area contributed by atoms with Crippen molar-refractivity contribution in [3.8, 4) is 11.8 Å². The number of likely N-dealkylation sites (tertiary alicyclic amines) is 1. The summed E-state index contributed by atoms with van der Waals surface area (Å²) in [5, 5.41) is 0. The molecule has 2 N–H and O–H groups in total. The molecule has 1 fully saturated rings. The smallest absolute Gasteiger partial charge is 0.0772 e. The van der Waals surface area contributed by atoms with Gasteiger partial charge in [0.25, 0.3) is 0 Å². The highest BCUT2D eigenvalue weighted by atomic mass is 32.1. The standard InChI is InChI=1S/C17H26N2S/c1-14(2)15-5-4-11-19(12-9-15)13-17-8-7-16(20-17)6-3-10-18/h7-8,14-15H,4-5,9-13,18H2,1-2H3. The molecular formula is C17H26N2S. The largest absolute Gasteiger partial charge is 0.320 e. The molecule has 20 heavy (non-hydrogen) atoms. The van der Waals surface area contributed by atoms with Gasteiger partial charge >= 0.3 is 0 Å². The molecule has 1 unspecified atom stereocenters. The summed E-state index contributed by atoms with van der Waals surface area (Å²) >= 11 is 1.81. The van der Waals surface area contributed by atoms with E-state index >= 15 is 0 Å². The first kappa shape index (κ1) is 15.6. The number of rotatable bonds is 3. The first-order valence-electron chi connectivity index (χ1n) is 7.69. The summed E-state index contributed by atoms with van der Waals surface area (Å²) in [5.41, 5.74) is 5.41. The third-order valence-electron chi connectivity index (χ3n) is 4.16. The van der Waals surface area contributed by atoms with Gasteiger partial charge in [0.2, 0.25) is 0 Å². The zero-order valence-corrected chi connectivity index (χ0v) is 13.5. The molecule has 0 amide bonds. The minimum atomic E-state index is 0.440. The Morgan fingerprint density at radius 3 is 2.95 bits per heavy atom. The molecule has 1 aromatic rings. The molecule has 0 radical (unpaired) electrons. The second-order valence-electron chi connectivity index (χ2n) is 5.98. The first-order valence-corrected chi connectivity index (χ1v) is 8.50. The summed E-state index contributed by atoms with van der Waals surface area (Å²) < 4.78 is 0. The maximum absolute atomic E-state index is 5.41. The molecule has 1 aliphatic heterocycles. The van der Waals surface area contributed by atoms with E-state index in [-0.39, 0.29) is 0 Å². The summed E-state index contributed by atoms with van der Waals surface area (Å²) in [7, 11) is 0.